The van der Waals surface area contributed by atoms with Crippen LogP contribution in [0.2, 0.25) is 0 Å². The lowest BCUT2D eigenvalue weighted by atomic mass is 10.2. The predicted molar refractivity (Wildman–Crippen MR) is 83.1 cm³/mol. The number of thioether (sulfide) groups is 1. The van der Waals surface area contributed by atoms with Crippen LogP contribution in [0.25, 0.3) is 0 Å². The van der Waals surface area contributed by atoms with Gasteiger partial charge in [-0.05, 0) is 35.9 Å². The van der Waals surface area contributed by atoms with E-state index in [4.69, 9.17) is 10.4 Å². The van der Waals surface area contributed by atoms with Crippen molar-refractivity contribution in [3.05, 3.63) is 59.7 Å². The van der Waals surface area contributed by atoms with Crippen molar-refractivity contribution < 1.29 is 9.90 Å². The summed E-state index contributed by atoms with van der Waals surface area (Å²) in [6.45, 7) is -0.0655. The molecule has 0 bridgehead atoms. The Morgan fingerprint density at radius 3 is 2.81 bits per heavy atom. The number of hydrogen-bond donors (Lipinski definition) is 2. The molecule has 0 unspecified atom stereocenters. The molecule has 2 rings (SSSR count). The molecule has 0 saturated carbocycles. The van der Waals surface area contributed by atoms with Crippen molar-refractivity contribution in [2.45, 2.75) is 11.5 Å². The normalized spacial score (nSPS) is 9.90. The summed E-state index contributed by atoms with van der Waals surface area (Å²) < 4.78 is 0. The van der Waals surface area contributed by atoms with Crippen molar-refractivity contribution in [2.75, 3.05) is 11.1 Å². The van der Waals surface area contributed by atoms with Crippen LogP contribution in [-0.4, -0.2) is 16.8 Å². The van der Waals surface area contributed by atoms with Gasteiger partial charge in [-0.15, -0.1) is 11.8 Å². The fourth-order valence-corrected chi connectivity index (χ4v) is 2.41. The number of carbonyl (C=O) groups is 1. The quantitative estimate of drug-likeness (QED) is 0.832. The van der Waals surface area contributed by atoms with Crippen LogP contribution >= 0.6 is 11.8 Å². The Morgan fingerprint density at radius 2 is 2.05 bits per heavy atom. The maximum Gasteiger partial charge on any atom is 0.255 e. The molecule has 0 aliphatic carbocycles. The molecule has 0 radical (unpaired) electrons. The van der Waals surface area contributed by atoms with Gasteiger partial charge in [-0.25, -0.2) is 0 Å². The highest BCUT2D eigenvalue weighted by Gasteiger charge is 2.07. The molecule has 21 heavy (non-hydrogen) atoms. The molecule has 0 aromatic heterocycles. The summed E-state index contributed by atoms with van der Waals surface area (Å²) in [5, 5.41) is 20.5. The van der Waals surface area contributed by atoms with Crippen LogP contribution in [0, 0.1) is 11.3 Å². The average Bonchev–Trinajstić information content (AvgIpc) is 2.53. The van der Waals surface area contributed by atoms with E-state index in [0.29, 0.717) is 17.0 Å². The number of nitrogens with zero attached hydrogens (tertiary/aromatic N) is 1. The second-order valence-electron chi connectivity index (χ2n) is 4.29. The predicted octanol–water partition coefficient (Wildman–Crippen LogP) is 3.05. The first-order chi connectivity index (χ1) is 10.2. The third kappa shape index (κ3) is 4.35. The van der Waals surface area contributed by atoms with E-state index in [2.05, 4.69) is 11.4 Å². The Morgan fingerprint density at radius 1 is 1.24 bits per heavy atom. The first kappa shape index (κ1) is 15.1. The van der Waals surface area contributed by atoms with E-state index in [-0.39, 0.29) is 12.5 Å². The molecule has 0 heterocycles. The first-order valence-corrected chi connectivity index (χ1v) is 7.32. The SMILES string of the molecule is N#CCSc1cccc(C(=O)Nc2cccc(CO)c2)c1. The van der Waals surface area contributed by atoms with Crippen molar-refractivity contribution in [3.8, 4) is 6.07 Å². The third-order valence-electron chi connectivity index (χ3n) is 2.77. The lowest BCUT2D eigenvalue weighted by Crippen LogP contribution is -2.12. The second kappa shape index (κ2) is 7.48. The van der Waals surface area contributed by atoms with Gasteiger partial charge >= 0.3 is 0 Å². The minimum atomic E-state index is -0.218. The van der Waals surface area contributed by atoms with Crippen molar-refractivity contribution in [2.24, 2.45) is 0 Å². The lowest BCUT2D eigenvalue weighted by molar-refractivity contribution is 0.102. The van der Waals surface area contributed by atoms with E-state index in [1.807, 2.05) is 6.07 Å². The number of carbonyl (C=O) groups excluding carboxylic acids is 1. The number of anilines is 1. The standard InChI is InChI=1S/C16H14N2O2S/c17-7-8-21-15-6-2-4-13(10-15)16(20)18-14-5-1-3-12(9-14)11-19/h1-6,9-10,19H,8,11H2,(H,18,20). The monoisotopic (exact) mass is 298 g/mol. The van der Waals surface area contributed by atoms with Gasteiger partial charge in [0.05, 0.1) is 18.4 Å². The fraction of sp³-hybridized carbons (Fsp3) is 0.125. The number of benzene rings is 2. The van der Waals surface area contributed by atoms with Crippen molar-refractivity contribution in [1.29, 1.82) is 5.26 Å². The maximum atomic E-state index is 12.2. The molecule has 4 nitrogen and oxygen atoms in total. The fourth-order valence-electron chi connectivity index (χ4n) is 1.79. The molecule has 2 aromatic rings. The number of aliphatic hydroxyl groups excluding tert-OH is 1. The van der Waals surface area contributed by atoms with Gasteiger partial charge < -0.3 is 10.4 Å². The molecule has 0 atom stereocenters. The highest BCUT2D eigenvalue weighted by atomic mass is 32.2. The molecular formula is C16H14N2O2S. The minimum Gasteiger partial charge on any atom is -0.392 e. The molecule has 1 amide bonds. The number of aliphatic hydroxyl groups is 1. The summed E-state index contributed by atoms with van der Waals surface area (Å²) >= 11 is 1.39. The van der Waals surface area contributed by atoms with E-state index in [1.54, 1.807) is 42.5 Å². The second-order valence-corrected chi connectivity index (χ2v) is 5.34. The van der Waals surface area contributed by atoms with Crippen LogP contribution in [0.15, 0.2) is 53.4 Å². The average molecular weight is 298 g/mol. The van der Waals surface area contributed by atoms with Gasteiger partial charge in [-0.2, -0.15) is 5.26 Å². The van der Waals surface area contributed by atoms with E-state index in [9.17, 15) is 4.79 Å². The summed E-state index contributed by atoms with van der Waals surface area (Å²) in [6.07, 6.45) is 0. The Labute approximate surface area is 127 Å². The van der Waals surface area contributed by atoms with Crippen molar-refractivity contribution in [1.82, 2.24) is 0 Å². The summed E-state index contributed by atoms with van der Waals surface area (Å²) in [4.78, 5) is 13.1. The molecule has 0 saturated heterocycles. The third-order valence-corrected chi connectivity index (χ3v) is 3.63. The zero-order valence-corrected chi connectivity index (χ0v) is 12.1. The van der Waals surface area contributed by atoms with Gasteiger partial charge in [0.1, 0.15) is 0 Å². The number of nitrogens with one attached hydrogen (secondary N) is 1. The van der Waals surface area contributed by atoms with Gasteiger partial charge in [0.2, 0.25) is 0 Å². The largest absolute Gasteiger partial charge is 0.392 e. The van der Waals surface area contributed by atoms with Crippen LogP contribution in [0.5, 0.6) is 0 Å². The van der Waals surface area contributed by atoms with Gasteiger partial charge in [0.25, 0.3) is 5.91 Å². The Hall–Kier alpha value is -2.29. The van der Waals surface area contributed by atoms with Gasteiger partial charge in [0, 0.05) is 16.1 Å². The van der Waals surface area contributed by atoms with Crippen LogP contribution in [0.1, 0.15) is 15.9 Å². The molecule has 2 aromatic carbocycles. The smallest absolute Gasteiger partial charge is 0.255 e. The van der Waals surface area contributed by atoms with Gasteiger partial charge in [-0.1, -0.05) is 18.2 Å². The number of amides is 1. The molecule has 0 fully saturated rings. The van der Waals surface area contributed by atoms with Crippen molar-refractivity contribution in [3.63, 3.8) is 0 Å². The van der Waals surface area contributed by atoms with Crippen LogP contribution in [0.3, 0.4) is 0 Å². The molecular weight excluding hydrogens is 284 g/mol. The number of hydrogen-bond acceptors (Lipinski definition) is 4. The van der Waals surface area contributed by atoms with E-state index in [1.165, 1.54) is 11.8 Å². The van der Waals surface area contributed by atoms with Crippen LogP contribution in [-0.2, 0) is 6.61 Å². The molecule has 0 spiro atoms. The van der Waals surface area contributed by atoms with E-state index in [0.717, 1.165) is 10.5 Å². The van der Waals surface area contributed by atoms with E-state index >= 15 is 0 Å². The van der Waals surface area contributed by atoms with Crippen molar-refractivity contribution >= 4 is 23.4 Å². The van der Waals surface area contributed by atoms with Gasteiger partial charge in [0.15, 0.2) is 0 Å². The summed E-state index contributed by atoms with van der Waals surface area (Å²) in [5.41, 5.74) is 1.92. The molecule has 5 heteroatoms. The van der Waals surface area contributed by atoms with Gasteiger partial charge in [-0.3, -0.25) is 4.79 Å². The topological polar surface area (TPSA) is 73.1 Å². The molecule has 0 aliphatic heterocycles. The zero-order chi connectivity index (χ0) is 15.1. The highest BCUT2D eigenvalue weighted by molar-refractivity contribution is 7.99. The van der Waals surface area contributed by atoms with Crippen LogP contribution < -0.4 is 5.32 Å². The maximum absolute atomic E-state index is 12.2. The summed E-state index contributed by atoms with van der Waals surface area (Å²) in [6, 6.07) is 16.3. The Balaban J connectivity index is 2.11. The number of rotatable bonds is 5. The zero-order valence-electron chi connectivity index (χ0n) is 11.2. The molecule has 0 aliphatic rings. The molecule has 2 N–H and O–H groups in total. The lowest BCUT2D eigenvalue weighted by Gasteiger charge is -2.07. The van der Waals surface area contributed by atoms with Crippen LogP contribution in [0.4, 0.5) is 5.69 Å². The first-order valence-electron chi connectivity index (χ1n) is 6.34. The number of nitriles is 1. The van der Waals surface area contributed by atoms with E-state index < -0.39 is 0 Å². The molecule has 106 valence electrons. The minimum absolute atomic E-state index is 0.0655. The highest BCUT2D eigenvalue weighted by Crippen LogP contribution is 2.19. The Bertz CT molecular complexity index is 680. The summed E-state index contributed by atoms with van der Waals surface area (Å²) in [5.74, 6) is 0.133. The Kier molecular flexibility index (Phi) is 5.38. The summed E-state index contributed by atoms with van der Waals surface area (Å²) in [7, 11) is 0.